The molecule has 4 rings (SSSR count). The number of hydrogen-bond acceptors (Lipinski definition) is 6. The fourth-order valence-electron chi connectivity index (χ4n) is 3.61. The van der Waals surface area contributed by atoms with Crippen molar-refractivity contribution in [3.05, 3.63) is 48.7 Å². The average molecular weight is 414 g/mol. The first-order chi connectivity index (χ1) is 13.9. The summed E-state index contributed by atoms with van der Waals surface area (Å²) in [6.45, 7) is 1.45. The Bertz CT molecular complexity index is 1150. The predicted octanol–water partition coefficient (Wildman–Crippen LogP) is 1.58. The van der Waals surface area contributed by atoms with Crippen molar-refractivity contribution in [2.75, 3.05) is 13.1 Å². The quantitative estimate of drug-likeness (QED) is 0.658. The Labute approximate surface area is 169 Å². The van der Waals surface area contributed by atoms with E-state index >= 15 is 0 Å². The third-order valence-corrected chi connectivity index (χ3v) is 6.38. The van der Waals surface area contributed by atoms with E-state index in [0.29, 0.717) is 18.5 Å². The van der Waals surface area contributed by atoms with Crippen LogP contribution >= 0.6 is 0 Å². The van der Waals surface area contributed by atoms with E-state index in [0.717, 1.165) is 35.1 Å². The number of sulfonamides is 1. The van der Waals surface area contributed by atoms with Crippen LogP contribution in [0.25, 0.3) is 22.0 Å². The molecule has 0 saturated carbocycles. The lowest BCUT2D eigenvalue weighted by Gasteiger charge is -2.21. The van der Waals surface area contributed by atoms with Gasteiger partial charge in [0.2, 0.25) is 15.9 Å². The zero-order valence-electron chi connectivity index (χ0n) is 16.1. The molecule has 8 nitrogen and oxygen atoms in total. The summed E-state index contributed by atoms with van der Waals surface area (Å²) in [5, 5.41) is 4.96. The molecule has 0 spiro atoms. The molecule has 1 aliphatic rings. The summed E-state index contributed by atoms with van der Waals surface area (Å²) < 4.78 is 29.1. The Morgan fingerprint density at radius 3 is 2.72 bits per heavy atom. The number of nitrogens with one attached hydrogen (secondary N) is 2. The zero-order chi connectivity index (χ0) is 20.4. The van der Waals surface area contributed by atoms with Gasteiger partial charge in [0, 0.05) is 30.1 Å². The standard InChI is InChI=1S/C20H23N5O3S/c1-25-13-22-11-19(25)15-2-3-16-10-23-18(9-17(16)8-15)12-29(27,28)24-20(26)14-4-6-21-7-5-14/h2-3,8-11,13-14,21H,4-7,12H2,1H3,(H,24,26). The van der Waals surface area contributed by atoms with Gasteiger partial charge in [0.05, 0.1) is 23.9 Å². The van der Waals surface area contributed by atoms with Gasteiger partial charge in [-0.3, -0.25) is 14.5 Å². The fourth-order valence-corrected chi connectivity index (χ4v) is 4.70. The molecule has 3 heterocycles. The number of fused-ring (bicyclic) bond motifs is 1. The molecule has 152 valence electrons. The Kier molecular flexibility index (Phi) is 5.33. The Balaban J connectivity index is 1.54. The largest absolute Gasteiger partial charge is 0.334 e. The number of imidazole rings is 1. The smallest absolute Gasteiger partial charge is 0.240 e. The maximum atomic E-state index is 12.5. The van der Waals surface area contributed by atoms with E-state index in [9.17, 15) is 13.2 Å². The maximum Gasteiger partial charge on any atom is 0.240 e. The highest BCUT2D eigenvalue weighted by molar-refractivity contribution is 7.89. The predicted molar refractivity (Wildman–Crippen MR) is 110 cm³/mol. The summed E-state index contributed by atoms with van der Waals surface area (Å²) in [7, 11) is -1.89. The molecule has 9 heteroatoms. The minimum absolute atomic E-state index is 0.267. The highest BCUT2D eigenvalue weighted by Crippen LogP contribution is 2.24. The minimum atomic E-state index is -3.81. The van der Waals surface area contributed by atoms with E-state index in [4.69, 9.17) is 0 Å². The third-order valence-electron chi connectivity index (χ3n) is 5.19. The van der Waals surface area contributed by atoms with Gasteiger partial charge < -0.3 is 9.88 Å². The summed E-state index contributed by atoms with van der Waals surface area (Å²) >= 11 is 0. The number of carbonyl (C=O) groups excluding carboxylic acids is 1. The van der Waals surface area contributed by atoms with Crippen LogP contribution in [-0.2, 0) is 27.6 Å². The second kappa shape index (κ2) is 7.92. The molecule has 1 saturated heterocycles. The van der Waals surface area contributed by atoms with Gasteiger partial charge in [0.15, 0.2) is 0 Å². The third kappa shape index (κ3) is 4.46. The van der Waals surface area contributed by atoms with E-state index in [-0.39, 0.29) is 11.7 Å². The molecule has 1 amide bonds. The number of rotatable bonds is 5. The lowest BCUT2D eigenvalue weighted by atomic mass is 9.98. The molecule has 1 fully saturated rings. The molecular weight excluding hydrogens is 390 g/mol. The monoisotopic (exact) mass is 413 g/mol. The van der Waals surface area contributed by atoms with Crippen molar-refractivity contribution in [1.82, 2.24) is 24.6 Å². The van der Waals surface area contributed by atoms with Gasteiger partial charge in [-0.2, -0.15) is 0 Å². The highest BCUT2D eigenvalue weighted by atomic mass is 32.2. The van der Waals surface area contributed by atoms with Crippen LogP contribution in [0.3, 0.4) is 0 Å². The van der Waals surface area contributed by atoms with Crippen molar-refractivity contribution in [2.24, 2.45) is 13.0 Å². The van der Waals surface area contributed by atoms with Crippen LogP contribution < -0.4 is 10.0 Å². The van der Waals surface area contributed by atoms with Crippen LogP contribution in [0.15, 0.2) is 43.0 Å². The number of amides is 1. The Hall–Kier alpha value is -2.78. The van der Waals surface area contributed by atoms with E-state index in [1.807, 2.05) is 29.8 Å². The van der Waals surface area contributed by atoms with Gasteiger partial charge >= 0.3 is 0 Å². The first-order valence-electron chi connectivity index (χ1n) is 9.52. The van der Waals surface area contributed by atoms with Gasteiger partial charge in [0.1, 0.15) is 5.75 Å². The van der Waals surface area contributed by atoms with Gasteiger partial charge in [-0.25, -0.2) is 13.4 Å². The molecule has 29 heavy (non-hydrogen) atoms. The molecule has 2 N–H and O–H groups in total. The van der Waals surface area contributed by atoms with Crippen LogP contribution in [0.4, 0.5) is 0 Å². The molecule has 2 aromatic heterocycles. The van der Waals surface area contributed by atoms with E-state index in [2.05, 4.69) is 20.0 Å². The van der Waals surface area contributed by atoms with E-state index in [1.165, 1.54) is 0 Å². The molecule has 0 unspecified atom stereocenters. The zero-order valence-corrected chi connectivity index (χ0v) is 16.9. The maximum absolute atomic E-state index is 12.5. The average Bonchev–Trinajstić information content (AvgIpc) is 3.13. The lowest BCUT2D eigenvalue weighted by Crippen LogP contribution is -2.41. The Morgan fingerprint density at radius 1 is 1.21 bits per heavy atom. The van der Waals surface area contributed by atoms with Crippen LogP contribution in [0.2, 0.25) is 0 Å². The lowest BCUT2D eigenvalue weighted by molar-refractivity contribution is -0.123. The number of nitrogens with zero attached hydrogens (tertiary/aromatic N) is 3. The number of benzene rings is 1. The van der Waals surface area contributed by atoms with E-state index < -0.39 is 15.9 Å². The topological polar surface area (TPSA) is 106 Å². The van der Waals surface area contributed by atoms with Gasteiger partial charge in [-0.15, -0.1) is 0 Å². The summed E-state index contributed by atoms with van der Waals surface area (Å²) in [4.78, 5) is 20.7. The summed E-state index contributed by atoms with van der Waals surface area (Å²) in [6, 6.07) is 7.67. The summed E-state index contributed by atoms with van der Waals surface area (Å²) in [5.41, 5.74) is 2.34. The molecule has 1 aromatic carbocycles. The number of carbonyl (C=O) groups is 1. The van der Waals surface area contributed by atoms with Gasteiger partial charge in [-0.05, 0) is 43.5 Å². The number of aryl methyl sites for hydroxylation is 1. The minimum Gasteiger partial charge on any atom is -0.334 e. The number of pyridine rings is 1. The molecule has 1 aliphatic heterocycles. The van der Waals surface area contributed by atoms with Gasteiger partial charge in [-0.1, -0.05) is 12.1 Å². The van der Waals surface area contributed by atoms with E-state index in [1.54, 1.807) is 24.8 Å². The Morgan fingerprint density at radius 2 is 2.00 bits per heavy atom. The number of hydrogen-bond donors (Lipinski definition) is 2. The summed E-state index contributed by atoms with van der Waals surface area (Å²) in [5.74, 6) is -1.03. The molecule has 0 bridgehead atoms. The molecular formula is C20H23N5O3S. The van der Waals surface area contributed by atoms with Crippen LogP contribution in [0.1, 0.15) is 18.5 Å². The first kappa shape index (κ1) is 19.5. The fraction of sp³-hybridized carbons (Fsp3) is 0.350. The summed E-state index contributed by atoms with van der Waals surface area (Å²) in [6.07, 6.45) is 6.46. The van der Waals surface area contributed by atoms with Crippen molar-refractivity contribution >= 4 is 26.7 Å². The second-order valence-electron chi connectivity index (χ2n) is 7.38. The van der Waals surface area contributed by atoms with Crippen molar-refractivity contribution in [3.8, 4) is 11.3 Å². The molecule has 3 aromatic rings. The van der Waals surface area contributed by atoms with Crippen molar-refractivity contribution in [1.29, 1.82) is 0 Å². The normalized spacial score (nSPS) is 15.5. The van der Waals surface area contributed by atoms with Crippen LogP contribution in [-0.4, -0.2) is 41.9 Å². The van der Waals surface area contributed by atoms with Crippen molar-refractivity contribution < 1.29 is 13.2 Å². The van der Waals surface area contributed by atoms with Crippen LogP contribution in [0, 0.1) is 5.92 Å². The van der Waals surface area contributed by atoms with Crippen molar-refractivity contribution in [2.45, 2.75) is 18.6 Å². The highest BCUT2D eigenvalue weighted by Gasteiger charge is 2.25. The first-order valence-corrected chi connectivity index (χ1v) is 11.2. The second-order valence-corrected chi connectivity index (χ2v) is 9.10. The van der Waals surface area contributed by atoms with Gasteiger partial charge in [0.25, 0.3) is 0 Å². The molecule has 0 radical (unpaired) electrons. The number of aromatic nitrogens is 3. The molecule has 0 aliphatic carbocycles. The number of piperidine rings is 1. The molecule has 0 atom stereocenters. The van der Waals surface area contributed by atoms with Crippen LogP contribution in [0.5, 0.6) is 0 Å². The van der Waals surface area contributed by atoms with Crippen molar-refractivity contribution in [3.63, 3.8) is 0 Å². The SMILES string of the molecule is Cn1cncc1-c1ccc2cnc(CS(=O)(=O)NC(=O)C3CCNCC3)cc2c1.